The summed E-state index contributed by atoms with van der Waals surface area (Å²) in [6, 6.07) is 10.5. The maximum atomic E-state index is 14.0. The van der Waals surface area contributed by atoms with Crippen molar-refractivity contribution in [1.29, 1.82) is 0 Å². The molecule has 0 bridgehead atoms. The summed E-state index contributed by atoms with van der Waals surface area (Å²) >= 11 is 3.21. The number of aromatic hydroxyl groups is 1. The fraction of sp³-hybridized carbons (Fsp3) is 0.241. The van der Waals surface area contributed by atoms with Gasteiger partial charge in [0.1, 0.15) is 11.5 Å². The number of carbonyl (C=O) groups is 4. The van der Waals surface area contributed by atoms with Crippen LogP contribution in [0.25, 0.3) is 0 Å². The molecule has 3 aliphatic carbocycles. The number of benzene rings is 2. The number of Topliss-reactive ketones (excluding diaryl/α,β-unsaturated/α-hetero) is 1. The van der Waals surface area contributed by atoms with Crippen LogP contribution in [0.15, 0.2) is 75.8 Å². The number of nitrogens with zero attached hydrogens (tertiary/aromatic N) is 1. The first kappa shape index (κ1) is 26.4. The molecule has 0 aromatic heterocycles. The fourth-order valence-corrected chi connectivity index (χ4v) is 7.03. The molecule has 0 radical (unpaired) electrons. The highest BCUT2D eigenvalue weighted by Gasteiger charge is 2.57. The van der Waals surface area contributed by atoms with Crippen molar-refractivity contribution in [3.63, 3.8) is 0 Å². The lowest BCUT2D eigenvalue weighted by Crippen LogP contribution is -2.40. The number of phenols is 1. The van der Waals surface area contributed by atoms with Gasteiger partial charge < -0.3 is 19.9 Å². The molecule has 2 aromatic carbocycles. The topological polar surface area (TPSA) is 141 Å². The molecule has 6 rings (SSSR count). The van der Waals surface area contributed by atoms with Gasteiger partial charge in [-0.25, -0.2) is 0 Å². The van der Waals surface area contributed by atoms with Gasteiger partial charge in [-0.3, -0.25) is 24.1 Å². The number of allylic oxidation sites excluding steroid dienone is 6. The Bertz CT molecular complexity index is 1610. The van der Waals surface area contributed by atoms with Crippen LogP contribution in [0.1, 0.15) is 24.3 Å². The second kappa shape index (κ2) is 9.69. The SMILES string of the molecule is COc1cc(O)ccc1C1C2=CCC3C(=O)N(c4cccc(B(O)O)c4)C(=O)C3C2CC2=C1C(=O)C=C(Br)C2=O. The molecule has 1 heterocycles. The second-order valence-electron chi connectivity index (χ2n) is 10.3. The predicted molar refractivity (Wildman–Crippen MR) is 148 cm³/mol. The smallest absolute Gasteiger partial charge is 0.488 e. The molecule has 11 heteroatoms. The molecule has 4 atom stereocenters. The van der Waals surface area contributed by atoms with Crippen LogP contribution in [0.5, 0.6) is 11.5 Å². The standard InChI is InChI=1S/C29H23BBrNO8/c1-40-23-10-15(33)5-6-17(23)24-16-7-8-18-25(19(16)11-20-26(24)22(34)12-21(31)27(20)35)29(37)32(28(18)36)14-4-2-3-13(9-14)30(38)39/h2-7,9-10,12,18-19,24-25,33,38-39H,8,11H2,1H3. The van der Waals surface area contributed by atoms with Crippen LogP contribution in [0.3, 0.4) is 0 Å². The molecule has 4 unspecified atom stereocenters. The molecule has 1 saturated heterocycles. The maximum Gasteiger partial charge on any atom is 0.488 e. The zero-order chi connectivity index (χ0) is 28.5. The first-order valence-electron chi connectivity index (χ1n) is 12.7. The van der Waals surface area contributed by atoms with Crippen LogP contribution in [-0.4, -0.2) is 52.8 Å². The number of phenolic OH excluding ortho intramolecular Hbond substituents is 1. The number of carbonyl (C=O) groups excluding carboxylic acids is 4. The summed E-state index contributed by atoms with van der Waals surface area (Å²) in [7, 11) is -0.327. The van der Waals surface area contributed by atoms with Gasteiger partial charge >= 0.3 is 7.12 Å². The van der Waals surface area contributed by atoms with Crippen molar-refractivity contribution in [3.05, 3.63) is 81.4 Å². The highest BCUT2D eigenvalue weighted by Crippen LogP contribution is 2.56. The van der Waals surface area contributed by atoms with Crippen molar-refractivity contribution in [1.82, 2.24) is 0 Å². The molecule has 1 aliphatic heterocycles. The zero-order valence-corrected chi connectivity index (χ0v) is 22.8. The van der Waals surface area contributed by atoms with E-state index in [1.807, 2.05) is 6.08 Å². The predicted octanol–water partition coefficient (Wildman–Crippen LogP) is 2.05. The van der Waals surface area contributed by atoms with Crippen molar-refractivity contribution in [2.24, 2.45) is 17.8 Å². The van der Waals surface area contributed by atoms with Gasteiger partial charge in [0.05, 0.1) is 29.1 Å². The second-order valence-corrected chi connectivity index (χ2v) is 11.2. The van der Waals surface area contributed by atoms with Crippen LogP contribution in [-0.2, 0) is 19.2 Å². The fourth-order valence-electron chi connectivity index (χ4n) is 6.58. The third-order valence-corrected chi connectivity index (χ3v) is 8.87. The molecule has 0 saturated carbocycles. The van der Waals surface area contributed by atoms with Gasteiger partial charge in [0, 0.05) is 34.8 Å². The Morgan fingerprint density at radius 2 is 1.80 bits per heavy atom. The summed E-state index contributed by atoms with van der Waals surface area (Å²) in [5, 5.41) is 29.3. The third-order valence-electron chi connectivity index (χ3n) is 8.29. The summed E-state index contributed by atoms with van der Waals surface area (Å²) in [6.07, 6.45) is 3.50. The summed E-state index contributed by atoms with van der Waals surface area (Å²) in [6.45, 7) is 0. The number of ketones is 2. The van der Waals surface area contributed by atoms with Crippen molar-refractivity contribution < 1.29 is 39.1 Å². The van der Waals surface area contributed by atoms with Crippen molar-refractivity contribution in [2.75, 3.05) is 12.0 Å². The Balaban J connectivity index is 1.49. The quantitative estimate of drug-likeness (QED) is 0.209. The van der Waals surface area contributed by atoms with E-state index in [1.54, 1.807) is 12.1 Å². The average molecular weight is 604 g/mol. The van der Waals surface area contributed by atoms with E-state index >= 15 is 0 Å². The summed E-state index contributed by atoms with van der Waals surface area (Å²) in [5.74, 6) is -3.98. The highest BCUT2D eigenvalue weighted by molar-refractivity contribution is 9.12. The van der Waals surface area contributed by atoms with Gasteiger partial charge in [-0.05, 0) is 58.4 Å². The first-order valence-corrected chi connectivity index (χ1v) is 13.5. The van der Waals surface area contributed by atoms with E-state index in [9.17, 15) is 34.3 Å². The van der Waals surface area contributed by atoms with Crippen LogP contribution >= 0.6 is 15.9 Å². The van der Waals surface area contributed by atoms with E-state index in [-0.39, 0.29) is 51.4 Å². The average Bonchev–Trinajstić information content (AvgIpc) is 3.20. The number of hydrogen-bond acceptors (Lipinski definition) is 8. The molecule has 9 nitrogen and oxygen atoms in total. The van der Waals surface area contributed by atoms with E-state index in [2.05, 4.69) is 15.9 Å². The van der Waals surface area contributed by atoms with Crippen LogP contribution < -0.4 is 15.1 Å². The summed E-state index contributed by atoms with van der Waals surface area (Å²) in [5.41, 5.74) is 2.27. The Labute approximate surface area is 237 Å². The highest BCUT2D eigenvalue weighted by atomic mass is 79.9. The molecule has 0 spiro atoms. The molecular formula is C29H23BBrNO8. The largest absolute Gasteiger partial charge is 0.508 e. The Hall–Kier alpha value is -3.80. The summed E-state index contributed by atoms with van der Waals surface area (Å²) < 4.78 is 5.68. The minimum Gasteiger partial charge on any atom is -0.508 e. The third kappa shape index (κ3) is 3.91. The minimum atomic E-state index is -1.77. The normalized spacial score (nSPS) is 25.8. The number of imide groups is 1. The van der Waals surface area contributed by atoms with E-state index in [0.717, 1.165) is 10.5 Å². The molecule has 2 aromatic rings. The molecule has 40 heavy (non-hydrogen) atoms. The molecule has 202 valence electrons. The Morgan fingerprint density at radius 3 is 2.52 bits per heavy atom. The molecule has 4 aliphatic rings. The van der Waals surface area contributed by atoms with Gasteiger partial charge in [-0.2, -0.15) is 0 Å². The van der Waals surface area contributed by atoms with Gasteiger partial charge in [0.2, 0.25) is 11.8 Å². The van der Waals surface area contributed by atoms with E-state index < -0.39 is 42.6 Å². The van der Waals surface area contributed by atoms with Gasteiger partial charge in [0.15, 0.2) is 11.6 Å². The number of hydrogen-bond donors (Lipinski definition) is 3. The lowest BCUT2D eigenvalue weighted by atomic mass is 9.59. The van der Waals surface area contributed by atoms with Gasteiger partial charge in [-0.15, -0.1) is 0 Å². The van der Waals surface area contributed by atoms with Crippen molar-refractivity contribution in [3.8, 4) is 11.5 Å². The number of anilines is 1. The van der Waals surface area contributed by atoms with Crippen molar-refractivity contribution >= 4 is 57.6 Å². The lowest BCUT2D eigenvalue weighted by Gasteiger charge is -2.42. The number of amides is 2. The van der Waals surface area contributed by atoms with E-state index in [4.69, 9.17) is 4.74 Å². The lowest BCUT2D eigenvalue weighted by molar-refractivity contribution is -0.123. The molecule has 2 amide bonds. The maximum absolute atomic E-state index is 14.0. The van der Waals surface area contributed by atoms with E-state index in [0.29, 0.717) is 16.9 Å². The number of halogens is 1. The summed E-state index contributed by atoms with van der Waals surface area (Å²) in [4.78, 5) is 55.4. The molecular weight excluding hydrogens is 581 g/mol. The zero-order valence-electron chi connectivity index (χ0n) is 21.2. The van der Waals surface area contributed by atoms with E-state index in [1.165, 1.54) is 43.5 Å². The number of fused-ring (bicyclic) bond motifs is 3. The van der Waals surface area contributed by atoms with Crippen LogP contribution in [0, 0.1) is 17.8 Å². The monoisotopic (exact) mass is 603 g/mol. The minimum absolute atomic E-state index is 0.0315. The molecule has 3 N–H and O–H groups in total. The van der Waals surface area contributed by atoms with Crippen LogP contribution in [0.2, 0.25) is 0 Å². The Morgan fingerprint density at radius 1 is 1.02 bits per heavy atom. The first-order chi connectivity index (χ1) is 19.1. The van der Waals surface area contributed by atoms with Crippen LogP contribution in [0.4, 0.5) is 5.69 Å². The van der Waals surface area contributed by atoms with Gasteiger partial charge in [0.25, 0.3) is 0 Å². The van der Waals surface area contributed by atoms with Gasteiger partial charge in [-0.1, -0.05) is 29.8 Å². The number of ether oxygens (including phenoxy) is 1. The van der Waals surface area contributed by atoms with Crippen molar-refractivity contribution in [2.45, 2.75) is 18.8 Å². The number of methoxy groups -OCH3 is 1. The number of rotatable bonds is 4. The Kier molecular flexibility index (Phi) is 6.40. The molecule has 1 fully saturated rings.